The fourth-order valence-corrected chi connectivity index (χ4v) is 3.08. The Balaban J connectivity index is 2.04. The minimum Gasteiger partial charge on any atom is -0.438 e. The number of halogens is 1. The fraction of sp³-hybridized carbons (Fsp3) is 0.200. The van der Waals surface area contributed by atoms with Crippen molar-refractivity contribution in [3.05, 3.63) is 46.3 Å². The Morgan fingerprint density at radius 3 is 2.81 bits per heavy atom. The summed E-state index contributed by atoms with van der Waals surface area (Å²) < 4.78 is 19.5. The van der Waals surface area contributed by atoms with Crippen LogP contribution in [0.4, 0.5) is 4.39 Å². The van der Waals surface area contributed by atoms with Crippen LogP contribution >= 0.6 is 11.3 Å². The van der Waals surface area contributed by atoms with Crippen LogP contribution in [0.1, 0.15) is 16.0 Å². The van der Waals surface area contributed by atoms with Crippen molar-refractivity contribution < 1.29 is 9.13 Å². The first kappa shape index (κ1) is 13.9. The molecule has 0 aliphatic rings. The van der Waals surface area contributed by atoms with Crippen molar-refractivity contribution in [3.8, 4) is 11.6 Å². The summed E-state index contributed by atoms with van der Waals surface area (Å²) >= 11 is 1.59. The molecular formula is C15H14FN3OS. The topological polar surface area (TPSA) is 61.0 Å². The van der Waals surface area contributed by atoms with Crippen LogP contribution in [0.25, 0.3) is 10.2 Å². The average Bonchev–Trinajstić information content (AvgIpc) is 2.75. The summed E-state index contributed by atoms with van der Waals surface area (Å²) in [5.74, 6) is 0.466. The zero-order valence-electron chi connectivity index (χ0n) is 11.7. The summed E-state index contributed by atoms with van der Waals surface area (Å²) in [5.41, 5.74) is 6.99. The van der Waals surface area contributed by atoms with E-state index in [1.165, 1.54) is 17.3 Å². The fourth-order valence-electron chi connectivity index (χ4n) is 2.10. The molecule has 1 aromatic carbocycles. The summed E-state index contributed by atoms with van der Waals surface area (Å²) in [4.78, 5) is 10.5. The zero-order valence-corrected chi connectivity index (χ0v) is 12.5. The van der Waals surface area contributed by atoms with E-state index in [-0.39, 0.29) is 12.4 Å². The van der Waals surface area contributed by atoms with Gasteiger partial charge in [-0.05, 0) is 25.5 Å². The lowest BCUT2D eigenvalue weighted by atomic mass is 10.2. The number of hydrogen-bond donors (Lipinski definition) is 1. The Hall–Kier alpha value is -2.05. The molecule has 0 amide bonds. The number of thiophene rings is 1. The molecule has 3 aromatic rings. The summed E-state index contributed by atoms with van der Waals surface area (Å²) in [6.45, 7) is 4.19. The van der Waals surface area contributed by atoms with Crippen LogP contribution < -0.4 is 10.5 Å². The van der Waals surface area contributed by atoms with Crippen molar-refractivity contribution in [2.75, 3.05) is 0 Å². The second-order valence-corrected chi connectivity index (χ2v) is 5.90. The molecule has 4 nitrogen and oxygen atoms in total. The predicted octanol–water partition coefficient (Wildman–Crippen LogP) is 3.70. The predicted molar refractivity (Wildman–Crippen MR) is 81.3 cm³/mol. The van der Waals surface area contributed by atoms with Gasteiger partial charge in [-0.15, -0.1) is 11.3 Å². The lowest BCUT2D eigenvalue weighted by Gasteiger charge is -2.07. The Morgan fingerprint density at radius 1 is 1.29 bits per heavy atom. The molecule has 0 aliphatic heterocycles. The van der Waals surface area contributed by atoms with Gasteiger partial charge in [-0.2, -0.15) is 0 Å². The zero-order chi connectivity index (χ0) is 15.0. The van der Waals surface area contributed by atoms with Crippen molar-refractivity contribution in [2.24, 2.45) is 5.73 Å². The van der Waals surface area contributed by atoms with Gasteiger partial charge < -0.3 is 10.5 Å². The van der Waals surface area contributed by atoms with E-state index >= 15 is 0 Å². The number of benzene rings is 1. The minimum absolute atomic E-state index is 0.159. The van der Waals surface area contributed by atoms with E-state index in [1.54, 1.807) is 23.5 Å². The highest BCUT2D eigenvalue weighted by atomic mass is 32.1. The number of fused-ring (bicyclic) bond motifs is 1. The third-order valence-corrected chi connectivity index (χ3v) is 4.50. The number of hydrogen-bond acceptors (Lipinski definition) is 5. The Bertz CT molecular complexity index is 816. The van der Waals surface area contributed by atoms with Gasteiger partial charge in [-0.25, -0.2) is 14.4 Å². The first-order valence-electron chi connectivity index (χ1n) is 6.47. The lowest BCUT2D eigenvalue weighted by molar-refractivity contribution is 0.462. The molecule has 21 heavy (non-hydrogen) atoms. The van der Waals surface area contributed by atoms with E-state index < -0.39 is 0 Å². The van der Waals surface area contributed by atoms with E-state index in [4.69, 9.17) is 10.5 Å². The molecule has 0 aliphatic carbocycles. The minimum atomic E-state index is -0.376. The summed E-state index contributed by atoms with van der Waals surface area (Å²) in [7, 11) is 0. The maximum Gasteiger partial charge on any atom is 0.231 e. The van der Waals surface area contributed by atoms with Crippen LogP contribution in [0.5, 0.6) is 11.6 Å². The van der Waals surface area contributed by atoms with Crippen molar-refractivity contribution in [3.63, 3.8) is 0 Å². The van der Waals surface area contributed by atoms with E-state index in [0.717, 1.165) is 15.8 Å². The highest BCUT2D eigenvalue weighted by Gasteiger charge is 2.14. The van der Waals surface area contributed by atoms with Crippen molar-refractivity contribution in [1.82, 2.24) is 9.97 Å². The molecule has 0 fully saturated rings. The molecule has 0 saturated carbocycles. The van der Waals surface area contributed by atoms with E-state index in [1.807, 2.05) is 13.8 Å². The average molecular weight is 303 g/mol. The van der Waals surface area contributed by atoms with Gasteiger partial charge >= 0.3 is 0 Å². The molecule has 0 spiro atoms. The normalized spacial score (nSPS) is 11.0. The van der Waals surface area contributed by atoms with Gasteiger partial charge in [0.1, 0.15) is 22.7 Å². The largest absolute Gasteiger partial charge is 0.438 e. The van der Waals surface area contributed by atoms with E-state index in [0.29, 0.717) is 17.2 Å². The molecule has 0 bridgehead atoms. The highest BCUT2D eigenvalue weighted by molar-refractivity contribution is 7.18. The lowest BCUT2D eigenvalue weighted by Crippen LogP contribution is -2.00. The first-order chi connectivity index (χ1) is 10.1. The second-order valence-electron chi connectivity index (χ2n) is 4.70. The molecule has 0 unspecified atom stereocenters. The highest BCUT2D eigenvalue weighted by Crippen LogP contribution is 2.35. The number of rotatable bonds is 3. The molecule has 0 radical (unpaired) electrons. The molecule has 2 N–H and O–H groups in total. The Labute approximate surface area is 125 Å². The molecule has 0 saturated heterocycles. The van der Waals surface area contributed by atoms with Gasteiger partial charge in [0.05, 0.1) is 5.39 Å². The van der Waals surface area contributed by atoms with Gasteiger partial charge in [0.2, 0.25) is 5.88 Å². The van der Waals surface area contributed by atoms with E-state index in [9.17, 15) is 4.39 Å². The van der Waals surface area contributed by atoms with Gasteiger partial charge in [0, 0.05) is 23.1 Å². The van der Waals surface area contributed by atoms with Crippen LogP contribution in [0.15, 0.2) is 24.5 Å². The van der Waals surface area contributed by atoms with E-state index in [2.05, 4.69) is 9.97 Å². The van der Waals surface area contributed by atoms with Crippen molar-refractivity contribution in [1.29, 1.82) is 0 Å². The van der Waals surface area contributed by atoms with Gasteiger partial charge in [0.25, 0.3) is 0 Å². The van der Waals surface area contributed by atoms with Crippen LogP contribution in [0.2, 0.25) is 0 Å². The van der Waals surface area contributed by atoms with Crippen molar-refractivity contribution in [2.45, 2.75) is 20.4 Å². The van der Waals surface area contributed by atoms with Crippen LogP contribution in [-0.4, -0.2) is 9.97 Å². The third kappa shape index (κ3) is 2.48. The van der Waals surface area contributed by atoms with Gasteiger partial charge in [-0.3, -0.25) is 0 Å². The van der Waals surface area contributed by atoms with Crippen molar-refractivity contribution >= 4 is 21.6 Å². The third-order valence-electron chi connectivity index (χ3n) is 3.39. The number of nitrogens with zero attached hydrogens (tertiary/aromatic N) is 2. The molecule has 2 aromatic heterocycles. The number of aryl methyl sites for hydroxylation is 2. The summed E-state index contributed by atoms with van der Waals surface area (Å²) in [5, 5.41) is 0.878. The van der Waals surface area contributed by atoms with Gasteiger partial charge in [-0.1, -0.05) is 6.07 Å². The number of aromatic nitrogens is 2. The maximum atomic E-state index is 13.8. The van der Waals surface area contributed by atoms with Crippen LogP contribution in [0, 0.1) is 19.7 Å². The Kier molecular flexibility index (Phi) is 3.57. The molecule has 108 valence electrons. The number of nitrogens with two attached hydrogens (primary N) is 1. The molecule has 0 atom stereocenters. The SMILES string of the molecule is Cc1sc2ncnc(Oc3ccc(CN)c(F)c3)c2c1C. The maximum absolute atomic E-state index is 13.8. The standard InChI is InChI=1S/C15H14FN3OS/c1-8-9(2)21-15-13(8)14(18-7-19-15)20-11-4-3-10(6-17)12(16)5-11/h3-5,7H,6,17H2,1-2H3. The second kappa shape index (κ2) is 5.38. The van der Waals surface area contributed by atoms with Crippen LogP contribution in [0.3, 0.4) is 0 Å². The van der Waals surface area contributed by atoms with Gasteiger partial charge in [0.15, 0.2) is 0 Å². The quantitative estimate of drug-likeness (QED) is 0.801. The summed E-state index contributed by atoms with van der Waals surface area (Å²) in [6, 6.07) is 4.63. The molecule has 2 heterocycles. The summed E-state index contributed by atoms with van der Waals surface area (Å²) in [6.07, 6.45) is 1.46. The molecular weight excluding hydrogens is 289 g/mol. The molecule has 6 heteroatoms. The van der Waals surface area contributed by atoms with Crippen LogP contribution in [-0.2, 0) is 6.54 Å². The number of ether oxygens (including phenoxy) is 1. The Morgan fingerprint density at radius 2 is 2.10 bits per heavy atom. The first-order valence-corrected chi connectivity index (χ1v) is 7.29. The molecule has 3 rings (SSSR count). The monoisotopic (exact) mass is 303 g/mol. The smallest absolute Gasteiger partial charge is 0.231 e.